The first-order valence-corrected chi connectivity index (χ1v) is 16.7. The van der Waals surface area contributed by atoms with Crippen molar-refractivity contribution in [1.29, 1.82) is 0 Å². The Morgan fingerprint density at radius 2 is 1.08 bits per heavy atom. The van der Waals surface area contributed by atoms with Crippen LogP contribution in [0.1, 0.15) is 25.0 Å². The second-order valence-electron chi connectivity index (χ2n) is 13.7. The van der Waals surface area contributed by atoms with E-state index < -0.39 is 0 Å². The van der Waals surface area contributed by atoms with Crippen LogP contribution in [0.25, 0.3) is 88.1 Å². The molecule has 48 heavy (non-hydrogen) atoms. The van der Waals surface area contributed by atoms with Crippen LogP contribution in [-0.4, -0.2) is 9.13 Å². The quantitative estimate of drug-likeness (QED) is 0.190. The van der Waals surface area contributed by atoms with Crippen molar-refractivity contribution in [2.45, 2.75) is 19.3 Å². The van der Waals surface area contributed by atoms with E-state index in [9.17, 15) is 0 Å². The van der Waals surface area contributed by atoms with Gasteiger partial charge in [-0.15, -0.1) is 0 Å². The van der Waals surface area contributed by atoms with Gasteiger partial charge in [0.2, 0.25) is 0 Å². The molecule has 0 saturated heterocycles. The molecule has 3 nitrogen and oxygen atoms in total. The lowest BCUT2D eigenvalue weighted by Crippen LogP contribution is -2.14. The highest BCUT2D eigenvalue weighted by Crippen LogP contribution is 2.50. The van der Waals surface area contributed by atoms with Gasteiger partial charge in [0.05, 0.1) is 22.1 Å². The van der Waals surface area contributed by atoms with E-state index in [4.69, 9.17) is 4.42 Å². The van der Waals surface area contributed by atoms with E-state index in [2.05, 4.69) is 156 Å². The summed E-state index contributed by atoms with van der Waals surface area (Å²) in [5.41, 5.74) is 14.4. The molecule has 1 aliphatic carbocycles. The molecule has 11 rings (SSSR count). The van der Waals surface area contributed by atoms with Crippen LogP contribution >= 0.6 is 0 Å². The Kier molecular flexibility index (Phi) is 4.91. The van der Waals surface area contributed by atoms with E-state index in [1.807, 2.05) is 12.1 Å². The first-order valence-electron chi connectivity index (χ1n) is 16.7. The summed E-state index contributed by atoms with van der Waals surface area (Å²) >= 11 is 0. The second-order valence-corrected chi connectivity index (χ2v) is 13.7. The Balaban J connectivity index is 1.26. The maximum atomic E-state index is 6.23. The Morgan fingerprint density at radius 3 is 1.96 bits per heavy atom. The summed E-state index contributed by atoms with van der Waals surface area (Å²) < 4.78 is 11.2. The van der Waals surface area contributed by atoms with Gasteiger partial charge in [0.15, 0.2) is 0 Å². The fourth-order valence-electron chi connectivity index (χ4n) is 8.76. The molecular weight excluding hydrogens is 585 g/mol. The normalized spacial score (nSPS) is 13.8. The van der Waals surface area contributed by atoms with Crippen molar-refractivity contribution < 1.29 is 4.42 Å². The van der Waals surface area contributed by atoms with E-state index in [0.717, 1.165) is 27.6 Å². The molecule has 226 valence electrons. The SMILES string of the molecule is CC1(C)c2ccccc2-c2cc(-n3c4ccccc4c4c3ccc3c5ccccc5n(-c5ccc6oc7ccccc7c6c5)c34)ccc21. The van der Waals surface area contributed by atoms with Gasteiger partial charge in [-0.25, -0.2) is 0 Å². The van der Waals surface area contributed by atoms with Crippen molar-refractivity contribution >= 4 is 65.6 Å². The average molecular weight is 615 g/mol. The highest BCUT2D eigenvalue weighted by atomic mass is 16.3. The van der Waals surface area contributed by atoms with Crippen molar-refractivity contribution in [2.24, 2.45) is 0 Å². The molecule has 3 aromatic heterocycles. The van der Waals surface area contributed by atoms with E-state index >= 15 is 0 Å². The van der Waals surface area contributed by atoms with Crippen molar-refractivity contribution in [2.75, 3.05) is 0 Å². The topological polar surface area (TPSA) is 23.0 Å². The number of fused-ring (bicyclic) bond motifs is 13. The van der Waals surface area contributed by atoms with Gasteiger partial charge in [0, 0.05) is 49.1 Å². The Morgan fingerprint density at radius 1 is 0.438 bits per heavy atom. The molecule has 0 aliphatic heterocycles. The third-order valence-electron chi connectivity index (χ3n) is 10.9. The molecule has 7 aromatic carbocycles. The summed E-state index contributed by atoms with van der Waals surface area (Å²) in [6.07, 6.45) is 0. The zero-order valence-corrected chi connectivity index (χ0v) is 26.7. The van der Waals surface area contributed by atoms with Gasteiger partial charge >= 0.3 is 0 Å². The van der Waals surface area contributed by atoms with Crippen LogP contribution in [0.3, 0.4) is 0 Å². The van der Waals surface area contributed by atoms with E-state index in [1.54, 1.807) is 0 Å². The van der Waals surface area contributed by atoms with Gasteiger partial charge in [0.1, 0.15) is 11.2 Å². The molecule has 0 fully saturated rings. The molecule has 3 heteroatoms. The summed E-state index contributed by atoms with van der Waals surface area (Å²) in [6, 6.07) is 53.2. The fraction of sp³-hybridized carbons (Fsp3) is 0.0667. The maximum absolute atomic E-state index is 6.23. The highest BCUT2D eigenvalue weighted by molar-refractivity contribution is 6.26. The Labute approximate surface area is 276 Å². The molecule has 0 bridgehead atoms. The van der Waals surface area contributed by atoms with Crippen molar-refractivity contribution in [1.82, 2.24) is 9.13 Å². The fourth-order valence-corrected chi connectivity index (χ4v) is 8.76. The number of rotatable bonds is 2. The number of aromatic nitrogens is 2. The van der Waals surface area contributed by atoms with E-state index in [-0.39, 0.29) is 5.41 Å². The van der Waals surface area contributed by atoms with Gasteiger partial charge in [-0.3, -0.25) is 0 Å². The molecule has 0 unspecified atom stereocenters. The summed E-state index contributed by atoms with van der Waals surface area (Å²) in [7, 11) is 0. The summed E-state index contributed by atoms with van der Waals surface area (Å²) in [6.45, 7) is 4.69. The second kappa shape index (κ2) is 9.05. The molecule has 0 atom stereocenters. The number of nitrogens with zero attached hydrogens (tertiary/aromatic N) is 2. The molecule has 10 aromatic rings. The predicted octanol–water partition coefficient (Wildman–Crippen LogP) is 12.1. The minimum Gasteiger partial charge on any atom is -0.456 e. The standard InChI is InChI=1S/C45H30N2O/c1-45(2)36-15-7-3-11-29(36)34-25-27(19-22-37(34)45)46-39-17-9-5-14-33(39)43-40(46)23-21-32-30-12-4-8-16-38(30)47(44(32)43)28-20-24-42-35(26-28)31-13-6-10-18-41(31)48-42/h3-26H,1-2H3. The molecule has 0 amide bonds. The highest BCUT2D eigenvalue weighted by Gasteiger charge is 2.35. The molecule has 1 aliphatic rings. The lowest BCUT2D eigenvalue weighted by Gasteiger charge is -2.21. The van der Waals surface area contributed by atoms with Crippen LogP contribution in [0.4, 0.5) is 0 Å². The van der Waals surface area contributed by atoms with Crippen LogP contribution < -0.4 is 0 Å². The monoisotopic (exact) mass is 614 g/mol. The molecule has 3 heterocycles. The minimum absolute atomic E-state index is 0.0280. The van der Waals surface area contributed by atoms with Crippen molar-refractivity contribution in [3.05, 3.63) is 157 Å². The van der Waals surface area contributed by atoms with Gasteiger partial charge in [-0.2, -0.15) is 0 Å². The predicted molar refractivity (Wildman–Crippen MR) is 200 cm³/mol. The minimum atomic E-state index is -0.0280. The number of furan rings is 1. The lowest BCUT2D eigenvalue weighted by molar-refractivity contribution is 0.660. The number of hydrogen-bond acceptors (Lipinski definition) is 1. The molecule has 0 radical (unpaired) electrons. The summed E-state index contributed by atoms with van der Waals surface area (Å²) in [4.78, 5) is 0. The third-order valence-corrected chi connectivity index (χ3v) is 10.9. The summed E-state index contributed by atoms with van der Waals surface area (Å²) in [5, 5.41) is 7.28. The van der Waals surface area contributed by atoms with Crippen LogP contribution in [0.2, 0.25) is 0 Å². The lowest BCUT2D eigenvalue weighted by atomic mass is 9.82. The van der Waals surface area contributed by atoms with Crippen molar-refractivity contribution in [3.63, 3.8) is 0 Å². The molecule has 0 saturated carbocycles. The number of benzene rings is 7. The summed E-state index contributed by atoms with van der Waals surface area (Å²) in [5.74, 6) is 0. The zero-order chi connectivity index (χ0) is 31.7. The van der Waals surface area contributed by atoms with Crippen molar-refractivity contribution in [3.8, 4) is 22.5 Å². The number of hydrogen-bond donors (Lipinski definition) is 0. The average Bonchev–Trinajstić information content (AvgIpc) is 3.83. The third kappa shape index (κ3) is 3.23. The molecule has 0 N–H and O–H groups in total. The first kappa shape index (κ1) is 26.1. The van der Waals surface area contributed by atoms with E-state index in [1.165, 1.54) is 71.6 Å². The molecule has 0 spiro atoms. The van der Waals surface area contributed by atoms with Gasteiger partial charge < -0.3 is 13.6 Å². The van der Waals surface area contributed by atoms with Crippen LogP contribution in [0.15, 0.2) is 150 Å². The largest absolute Gasteiger partial charge is 0.456 e. The zero-order valence-electron chi connectivity index (χ0n) is 26.7. The molecular formula is C45H30N2O. The first-order chi connectivity index (χ1) is 23.6. The Hall–Kier alpha value is -6.06. The van der Waals surface area contributed by atoms with Gasteiger partial charge in [-0.05, 0) is 76.9 Å². The van der Waals surface area contributed by atoms with Crippen LogP contribution in [-0.2, 0) is 5.41 Å². The van der Waals surface area contributed by atoms with Crippen LogP contribution in [0.5, 0.6) is 0 Å². The smallest absolute Gasteiger partial charge is 0.135 e. The number of para-hydroxylation sites is 3. The Bertz CT molecular complexity index is 2980. The van der Waals surface area contributed by atoms with Gasteiger partial charge in [0.25, 0.3) is 0 Å². The maximum Gasteiger partial charge on any atom is 0.135 e. The van der Waals surface area contributed by atoms with Gasteiger partial charge in [-0.1, -0.05) is 105 Å². The van der Waals surface area contributed by atoms with E-state index in [0.29, 0.717) is 0 Å². The van der Waals surface area contributed by atoms with Crippen LogP contribution in [0, 0.1) is 0 Å².